The first-order valence-electron chi connectivity index (χ1n) is 4.26. The molecule has 0 fully saturated rings. The third-order valence-corrected chi connectivity index (χ3v) is 1.96. The van der Waals surface area contributed by atoms with Gasteiger partial charge in [0.25, 0.3) is 0 Å². The second kappa shape index (κ2) is 2.52. The topological polar surface area (TPSA) is 54.5 Å². The molecule has 0 saturated heterocycles. The van der Waals surface area contributed by atoms with E-state index in [9.17, 15) is 0 Å². The molecule has 0 amide bonds. The van der Waals surface area contributed by atoms with Gasteiger partial charge in [-0.15, -0.1) is 5.10 Å². The predicted molar refractivity (Wildman–Crippen MR) is 50.4 cm³/mol. The Bertz CT molecular complexity index is 424. The quantitative estimate of drug-likeness (QED) is 0.664. The summed E-state index contributed by atoms with van der Waals surface area (Å²) < 4.78 is 0. The molecular weight excluding hydrogens is 164 g/mol. The molecule has 0 aliphatic carbocycles. The number of aromatic amines is 1. The fourth-order valence-electron chi connectivity index (χ4n) is 1.16. The Morgan fingerprint density at radius 3 is 2.69 bits per heavy atom. The van der Waals surface area contributed by atoms with Gasteiger partial charge in [-0.3, -0.25) is 5.10 Å². The average Bonchev–Trinajstić information content (AvgIpc) is 2.47. The largest absolute Gasteiger partial charge is 0.256 e. The van der Waals surface area contributed by atoms with Crippen LogP contribution in [0.15, 0.2) is 12.1 Å². The monoisotopic (exact) mass is 176 g/mol. The zero-order chi connectivity index (χ0) is 9.47. The van der Waals surface area contributed by atoms with Crippen LogP contribution in [0.4, 0.5) is 0 Å². The van der Waals surface area contributed by atoms with Crippen molar-refractivity contribution < 1.29 is 0 Å². The second-order valence-corrected chi connectivity index (χ2v) is 4.13. The summed E-state index contributed by atoms with van der Waals surface area (Å²) in [6, 6.07) is 3.96. The zero-order valence-electron chi connectivity index (χ0n) is 8.00. The number of nitrogens with one attached hydrogen (secondary N) is 1. The molecular formula is C9H12N4. The molecule has 4 heteroatoms. The minimum Gasteiger partial charge on any atom is -0.256 e. The van der Waals surface area contributed by atoms with Crippen LogP contribution >= 0.6 is 0 Å². The molecule has 0 bridgehead atoms. The molecule has 0 saturated carbocycles. The van der Waals surface area contributed by atoms with Crippen LogP contribution < -0.4 is 0 Å². The minimum atomic E-state index is 0.0626. The van der Waals surface area contributed by atoms with Gasteiger partial charge in [0.05, 0.1) is 0 Å². The smallest absolute Gasteiger partial charge is 0.201 e. The number of nitrogens with zero attached hydrogens (tertiary/aromatic N) is 3. The molecule has 2 aromatic rings. The van der Waals surface area contributed by atoms with Crippen molar-refractivity contribution in [2.45, 2.75) is 26.2 Å². The third kappa shape index (κ3) is 1.39. The Morgan fingerprint density at radius 2 is 2.00 bits per heavy atom. The normalized spacial score (nSPS) is 12.2. The van der Waals surface area contributed by atoms with Crippen LogP contribution in [0.1, 0.15) is 26.5 Å². The molecule has 1 N–H and O–H groups in total. The maximum absolute atomic E-state index is 4.40. The molecule has 2 heterocycles. The van der Waals surface area contributed by atoms with Crippen LogP contribution in [-0.4, -0.2) is 20.4 Å². The summed E-state index contributed by atoms with van der Waals surface area (Å²) in [5, 5.41) is 10.3. The lowest BCUT2D eigenvalue weighted by atomic mass is 9.92. The van der Waals surface area contributed by atoms with Gasteiger partial charge in [0, 0.05) is 11.1 Å². The summed E-state index contributed by atoms with van der Waals surface area (Å²) in [6.07, 6.45) is 0. The maximum atomic E-state index is 4.40. The van der Waals surface area contributed by atoms with E-state index in [1.165, 1.54) is 0 Å². The molecule has 13 heavy (non-hydrogen) atoms. The first-order valence-corrected chi connectivity index (χ1v) is 4.26. The highest BCUT2D eigenvalue weighted by Gasteiger charge is 2.15. The van der Waals surface area contributed by atoms with Gasteiger partial charge in [-0.1, -0.05) is 26.0 Å². The van der Waals surface area contributed by atoms with Gasteiger partial charge >= 0.3 is 0 Å². The van der Waals surface area contributed by atoms with Crippen LogP contribution in [0.25, 0.3) is 11.2 Å². The Labute approximate surface area is 76.4 Å². The number of aromatic nitrogens is 4. The molecule has 0 spiro atoms. The van der Waals surface area contributed by atoms with Gasteiger partial charge in [-0.25, -0.2) is 4.98 Å². The van der Waals surface area contributed by atoms with Crippen LogP contribution in [-0.2, 0) is 5.41 Å². The molecule has 2 rings (SSSR count). The molecule has 0 aliphatic heterocycles. The number of H-pyrrole nitrogens is 1. The van der Waals surface area contributed by atoms with Crippen molar-refractivity contribution in [3.8, 4) is 0 Å². The maximum Gasteiger partial charge on any atom is 0.201 e. The predicted octanol–water partition coefficient (Wildman–Crippen LogP) is 1.65. The molecule has 4 nitrogen and oxygen atoms in total. The Hall–Kier alpha value is -1.45. The molecule has 2 aromatic heterocycles. The second-order valence-electron chi connectivity index (χ2n) is 4.13. The van der Waals surface area contributed by atoms with Crippen molar-refractivity contribution in [1.29, 1.82) is 0 Å². The number of hydrogen-bond donors (Lipinski definition) is 1. The van der Waals surface area contributed by atoms with Gasteiger partial charge in [0.15, 0.2) is 0 Å². The lowest BCUT2D eigenvalue weighted by molar-refractivity contribution is 0.571. The Kier molecular flexibility index (Phi) is 1.58. The Balaban J connectivity index is 2.61. The molecule has 0 aromatic carbocycles. The highest BCUT2D eigenvalue weighted by molar-refractivity contribution is 5.68. The van der Waals surface area contributed by atoms with E-state index in [0.29, 0.717) is 5.65 Å². The van der Waals surface area contributed by atoms with E-state index in [-0.39, 0.29) is 5.41 Å². The van der Waals surface area contributed by atoms with Crippen molar-refractivity contribution in [2.24, 2.45) is 0 Å². The van der Waals surface area contributed by atoms with E-state index in [0.717, 1.165) is 11.2 Å². The standard InChI is InChI=1S/C9H12N4/c1-9(2,3)7-5-4-6-8(10-7)12-13-11-6/h4-5H,1-3H3,(H,10,11,12,13). The highest BCUT2D eigenvalue weighted by Crippen LogP contribution is 2.20. The van der Waals surface area contributed by atoms with Crippen molar-refractivity contribution in [1.82, 2.24) is 20.4 Å². The van der Waals surface area contributed by atoms with E-state index >= 15 is 0 Å². The lowest BCUT2D eigenvalue weighted by Crippen LogP contribution is -2.13. The van der Waals surface area contributed by atoms with Gasteiger partial charge < -0.3 is 0 Å². The SMILES string of the molecule is CC(C)(C)c1ccc2[nH]nnc2n1. The van der Waals surface area contributed by atoms with Crippen molar-refractivity contribution in [2.75, 3.05) is 0 Å². The summed E-state index contributed by atoms with van der Waals surface area (Å²) >= 11 is 0. The van der Waals surface area contributed by atoms with Crippen LogP contribution in [0.2, 0.25) is 0 Å². The number of rotatable bonds is 0. The number of pyridine rings is 1. The van der Waals surface area contributed by atoms with Gasteiger partial charge in [-0.2, -0.15) is 0 Å². The number of hydrogen-bond acceptors (Lipinski definition) is 3. The molecule has 0 radical (unpaired) electrons. The van der Waals surface area contributed by atoms with E-state index in [1.54, 1.807) is 0 Å². The van der Waals surface area contributed by atoms with Crippen LogP contribution in [0.5, 0.6) is 0 Å². The van der Waals surface area contributed by atoms with E-state index in [2.05, 4.69) is 41.2 Å². The zero-order valence-corrected chi connectivity index (χ0v) is 8.00. The van der Waals surface area contributed by atoms with E-state index in [4.69, 9.17) is 0 Å². The fourth-order valence-corrected chi connectivity index (χ4v) is 1.16. The van der Waals surface area contributed by atoms with Gasteiger partial charge in [0.1, 0.15) is 5.52 Å². The van der Waals surface area contributed by atoms with Crippen LogP contribution in [0.3, 0.4) is 0 Å². The lowest BCUT2D eigenvalue weighted by Gasteiger charge is -2.16. The first-order chi connectivity index (χ1) is 6.07. The third-order valence-electron chi connectivity index (χ3n) is 1.96. The summed E-state index contributed by atoms with van der Waals surface area (Å²) in [5.74, 6) is 0. The average molecular weight is 176 g/mol. The van der Waals surface area contributed by atoms with Crippen LogP contribution in [0, 0.1) is 0 Å². The van der Waals surface area contributed by atoms with Crippen molar-refractivity contribution >= 4 is 11.2 Å². The molecule has 0 unspecified atom stereocenters. The Morgan fingerprint density at radius 1 is 1.23 bits per heavy atom. The van der Waals surface area contributed by atoms with Crippen molar-refractivity contribution in [3.05, 3.63) is 17.8 Å². The van der Waals surface area contributed by atoms with E-state index in [1.807, 2.05) is 12.1 Å². The highest BCUT2D eigenvalue weighted by atomic mass is 15.3. The molecule has 0 aliphatic rings. The summed E-state index contributed by atoms with van der Waals surface area (Å²) in [6.45, 7) is 6.38. The minimum absolute atomic E-state index is 0.0626. The van der Waals surface area contributed by atoms with Crippen molar-refractivity contribution in [3.63, 3.8) is 0 Å². The molecule has 68 valence electrons. The van der Waals surface area contributed by atoms with Gasteiger partial charge in [0.2, 0.25) is 5.65 Å². The summed E-state index contributed by atoms with van der Waals surface area (Å²) in [4.78, 5) is 4.40. The van der Waals surface area contributed by atoms with Gasteiger partial charge in [-0.05, 0) is 12.1 Å². The summed E-state index contributed by atoms with van der Waals surface area (Å²) in [5.41, 5.74) is 2.67. The fraction of sp³-hybridized carbons (Fsp3) is 0.444. The first kappa shape index (κ1) is 8.16. The summed E-state index contributed by atoms with van der Waals surface area (Å²) in [7, 11) is 0. The number of fused-ring (bicyclic) bond motifs is 1. The van der Waals surface area contributed by atoms with E-state index < -0.39 is 0 Å². The molecule has 0 atom stereocenters.